The molecule has 1 aromatic rings. The summed E-state index contributed by atoms with van der Waals surface area (Å²) in [6, 6.07) is 4.75. The Labute approximate surface area is 93.1 Å². The molecule has 1 aromatic carbocycles. The van der Waals surface area contributed by atoms with Crippen molar-refractivity contribution in [2.75, 3.05) is 6.61 Å². The van der Waals surface area contributed by atoms with Crippen molar-refractivity contribution in [3.05, 3.63) is 34.6 Å². The molecule has 82 valence electrons. The fourth-order valence-electron chi connectivity index (χ4n) is 1.48. The first-order valence-electron chi connectivity index (χ1n) is 4.95. The first-order valence-corrected chi connectivity index (χ1v) is 5.33. The summed E-state index contributed by atoms with van der Waals surface area (Å²) in [5.74, 6) is -0.398. The average Bonchev–Trinajstić information content (AvgIpc) is 3.01. The van der Waals surface area contributed by atoms with Crippen LogP contribution in [0.3, 0.4) is 0 Å². The van der Waals surface area contributed by atoms with Crippen molar-refractivity contribution in [2.45, 2.75) is 24.9 Å². The summed E-state index contributed by atoms with van der Waals surface area (Å²) in [7, 11) is 0. The zero-order chi connectivity index (χ0) is 10.9. The van der Waals surface area contributed by atoms with Crippen LogP contribution in [0.25, 0.3) is 0 Å². The third-order valence-corrected chi connectivity index (χ3v) is 3.11. The Morgan fingerprint density at radius 1 is 1.47 bits per heavy atom. The number of aliphatic hydroxyl groups excluding tert-OH is 1. The van der Waals surface area contributed by atoms with Crippen LogP contribution in [-0.4, -0.2) is 17.3 Å². The summed E-state index contributed by atoms with van der Waals surface area (Å²) < 4.78 is 13.1. The number of hydrogen-bond acceptors (Lipinski definition) is 2. The highest BCUT2D eigenvalue weighted by Crippen LogP contribution is 2.34. The molecule has 0 heterocycles. The van der Waals surface area contributed by atoms with Gasteiger partial charge in [-0.05, 0) is 30.5 Å². The molecule has 4 heteroatoms. The molecule has 0 bridgehead atoms. The molecule has 0 atom stereocenters. The van der Waals surface area contributed by atoms with Crippen molar-refractivity contribution in [1.29, 1.82) is 0 Å². The summed E-state index contributed by atoms with van der Waals surface area (Å²) in [6.45, 7) is 0.706. The molecule has 2 rings (SSSR count). The van der Waals surface area contributed by atoms with Gasteiger partial charge in [0.15, 0.2) is 0 Å². The maximum atomic E-state index is 13.1. The van der Waals surface area contributed by atoms with E-state index in [1.807, 2.05) is 0 Å². The van der Waals surface area contributed by atoms with E-state index in [4.69, 9.17) is 16.7 Å². The SMILES string of the molecule is OCC1(NCc2ccc(Cl)c(F)c2)CC1. The molecule has 0 radical (unpaired) electrons. The number of hydrogen-bond donors (Lipinski definition) is 2. The third-order valence-electron chi connectivity index (χ3n) is 2.81. The Morgan fingerprint density at radius 2 is 2.20 bits per heavy atom. The Bertz CT molecular complexity index is 366. The van der Waals surface area contributed by atoms with Crippen molar-refractivity contribution >= 4 is 11.6 Å². The van der Waals surface area contributed by atoms with E-state index in [0.29, 0.717) is 6.54 Å². The molecular formula is C11H13ClFNO. The van der Waals surface area contributed by atoms with Gasteiger partial charge in [0.25, 0.3) is 0 Å². The van der Waals surface area contributed by atoms with E-state index in [9.17, 15) is 4.39 Å². The molecule has 1 aliphatic carbocycles. The van der Waals surface area contributed by atoms with Crippen LogP contribution in [0.4, 0.5) is 4.39 Å². The largest absolute Gasteiger partial charge is 0.394 e. The minimum absolute atomic E-state index is 0.115. The molecule has 0 unspecified atom stereocenters. The Balaban J connectivity index is 1.96. The summed E-state index contributed by atoms with van der Waals surface area (Å²) >= 11 is 5.57. The van der Waals surface area contributed by atoms with Gasteiger partial charge in [-0.2, -0.15) is 0 Å². The Hall–Kier alpha value is -0.640. The van der Waals surface area contributed by atoms with Gasteiger partial charge >= 0.3 is 0 Å². The van der Waals surface area contributed by atoms with Crippen LogP contribution in [-0.2, 0) is 6.54 Å². The van der Waals surface area contributed by atoms with E-state index in [-0.39, 0.29) is 17.2 Å². The Kier molecular flexibility index (Phi) is 2.96. The van der Waals surface area contributed by atoms with Gasteiger partial charge < -0.3 is 10.4 Å². The van der Waals surface area contributed by atoms with Gasteiger partial charge in [-0.15, -0.1) is 0 Å². The van der Waals surface area contributed by atoms with Crippen molar-refractivity contribution in [3.8, 4) is 0 Å². The lowest BCUT2D eigenvalue weighted by Gasteiger charge is -2.14. The quantitative estimate of drug-likeness (QED) is 0.829. The highest BCUT2D eigenvalue weighted by molar-refractivity contribution is 6.30. The maximum absolute atomic E-state index is 13.1. The van der Waals surface area contributed by atoms with Crippen LogP contribution in [0.5, 0.6) is 0 Å². The third kappa shape index (κ3) is 2.48. The van der Waals surface area contributed by atoms with E-state index in [0.717, 1.165) is 18.4 Å². The van der Waals surface area contributed by atoms with Crippen LogP contribution in [0.1, 0.15) is 18.4 Å². The molecule has 0 aromatic heterocycles. The molecule has 0 saturated heterocycles. The molecule has 0 aliphatic heterocycles. The molecule has 0 spiro atoms. The maximum Gasteiger partial charge on any atom is 0.142 e. The number of benzene rings is 1. The van der Waals surface area contributed by atoms with Crippen LogP contribution in [0.2, 0.25) is 5.02 Å². The van der Waals surface area contributed by atoms with Crippen LogP contribution >= 0.6 is 11.6 Å². The van der Waals surface area contributed by atoms with Crippen LogP contribution in [0, 0.1) is 5.82 Å². The summed E-state index contributed by atoms with van der Waals surface area (Å²) in [5.41, 5.74) is 0.729. The van der Waals surface area contributed by atoms with E-state index in [1.54, 1.807) is 12.1 Å². The topological polar surface area (TPSA) is 32.3 Å². The molecule has 2 N–H and O–H groups in total. The second-order valence-electron chi connectivity index (χ2n) is 4.04. The second kappa shape index (κ2) is 4.08. The fraction of sp³-hybridized carbons (Fsp3) is 0.455. The second-order valence-corrected chi connectivity index (χ2v) is 4.45. The predicted octanol–water partition coefficient (Wildman–Crippen LogP) is 2.09. The lowest BCUT2D eigenvalue weighted by Crippen LogP contribution is -2.34. The predicted molar refractivity (Wildman–Crippen MR) is 57.3 cm³/mol. The molecule has 15 heavy (non-hydrogen) atoms. The van der Waals surface area contributed by atoms with Crippen LogP contribution < -0.4 is 5.32 Å². The average molecular weight is 230 g/mol. The van der Waals surface area contributed by atoms with E-state index >= 15 is 0 Å². The number of rotatable bonds is 4. The molecule has 1 aliphatic rings. The van der Waals surface area contributed by atoms with Gasteiger partial charge in [0.1, 0.15) is 5.82 Å². The van der Waals surface area contributed by atoms with Crippen molar-refractivity contribution in [1.82, 2.24) is 5.32 Å². The first kappa shape index (κ1) is 10.9. The normalized spacial score (nSPS) is 17.8. The van der Waals surface area contributed by atoms with E-state index in [1.165, 1.54) is 6.07 Å². The highest BCUT2D eigenvalue weighted by atomic mass is 35.5. The highest BCUT2D eigenvalue weighted by Gasteiger charge is 2.41. The molecular weight excluding hydrogens is 217 g/mol. The van der Waals surface area contributed by atoms with Gasteiger partial charge in [0, 0.05) is 12.1 Å². The molecule has 1 saturated carbocycles. The van der Waals surface area contributed by atoms with Gasteiger partial charge in [0.05, 0.1) is 11.6 Å². The smallest absolute Gasteiger partial charge is 0.142 e. The van der Waals surface area contributed by atoms with Gasteiger partial charge in [-0.3, -0.25) is 0 Å². The minimum atomic E-state index is -0.398. The molecule has 0 amide bonds. The number of halogens is 2. The van der Waals surface area contributed by atoms with E-state index in [2.05, 4.69) is 5.32 Å². The molecule has 2 nitrogen and oxygen atoms in total. The van der Waals surface area contributed by atoms with Crippen molar-refractivity contribution in [2.24, 2.45) is 0 Å². The van der Waals surface area contributed by atoms with Crippen LogP contribution in [0.15, 0.2) is 18.2 Å². The van der Waals surface area contributed by atoms with Crippen molar-refractivity contribution in [3.63, 3.8) is 0 Å². The fourth-order valence-corrected chi connectivity index (χ4v) is 1.60. The molecule has 1 fully saturated rings. The van der Waals surface area contributed by atoms with E-state index < -0.39 is 5.82 Å². The van der Waals surface area contributed by atoms with Gasteiger partial charge in [0.2, 0.25) is 0 Å². The van der Waals surface area contributed by atoms with Gasteiger partial charge in [-0.1, -0.05) is 17.7 Å². The lowest BCUT2D eigenvalue weighted by atomic mass is 10.2. The summed E-state index contributed by atoms with van der Waals surface area (Å²) in [4.78, 5) is 0. The number of aliphatic hydroxyl groups is 1. The minimum Gasteiger partial charge on any atom is -0.394 e. The zero-order valence-electron chi connectivity index (χ0n) is 8.26. The van der Waals surface area contributed by atoms with Gasteiger partial charge in [-0.25, -0.2) is 4.39 Å². The summed E-state index contributed by atoms with van der Waals surface area (Å²) in [6.07, 6.45) is 1.97. The Morgan fingerprint density at radius 3 is 2.73 bits per heavy atom. The summed E-state index contributed by atoms with van der Waals surface area (Å²) in [5, 5.41) is 12.4. The lowest BCUT2D eigenvalue weighted by molar-refractivity contribution is 0.229. The standard InChI is InChI=1S/C11H13ClFNO/c12-9-2-1-8(5-10(9)13)6-14-11(7-15)3-4-11/h1-2,5,14-15H,3-4,6-7H2. The monoisotopic (exact) mass is 229 g/mol. The zero-order valence-corrected chi connectivity index (χ0v) is 9.02. The first-order chi connectivity index (χ1) is 7.15. The van der Waals surface area contributed by atoms with Crippen molar-refractivity contribution < 1.29 is 9.50 Å². The number of nitrogens with one attached hydrogen (secondary N) is 1.